The van der Waals surface area contributed by atoms with Gasteiger partial charge in [-0.05, 0) is 0 Å². The van der Waals surface area contributed by atoms with Crippen molar-refractivity contribution in [2.45, 2.75) is 0 Å². The average Bonchev–Trinajstić information content (AvgIpc) is 1.84. The van der Waals surface area contributed by atoms with Crippen molar-refractivity contribution in [1.82, 2.24) is 0 Å². The summed E-state index contributed by atoms with van der Waals surface area (Å²) < 4.78 is 194. The van der Waals surface area contributed by atoms with Gasteiger partial charge in [0.05, 0.1) is 0 Å². The van der Waals surface area contributed by atoms with Gasteiger partial charge >= 0.3 is 176 Å². The van der Waals surface area contributed by atoms with Gasteiger partial charge in [-0.15, -0.1) is 0 Å². The van der Waals surface area contributed by atoms with E-state index in [-0.39, 0.29) is 0 Å². The molecule has 1 fully saturated rings. The summed E-state index contributed by atoms with van der Waals surface area (Å²) >= 11 is -56.9. The summed E-state index contributed by atoms with van der Waals surface area (Å²) in [6.07, 6.45) is 0. The SMILES string of the molecule is [O]=[W]([OH])([OH])([OH])[O][W](=[O])([OH])([OH])[O][W](=[O])([OH])([OH])[O][W]1(=[O])([OH])[O][W](=[O])([OH])([OH])[O][W](=[O])([OH])([OH])[O]1. The Kier molecular flexibility index (Phi) is 6.17. The molecule has 0 saturated carbocycles. The summed E-state index contributed by atoms with van der Waals surface area (Å²) in [4.78, 5) is 0. The van der Waals surface area contributed by atoms with E-state index in [2.05, 4.69) is 12.3 Å². The van der Waals surface area contributed by atoms with Crippen LogP contribution in [0.4, 0.5) is 0 Å². The van der Waals surface area contributed by atoms with Crippen molar-refractivity contribution in [1.29, 1.82) is 0 Å². The molecule has 0 aromatic rings. The second kappa shape index (κ2) is 6.12. The quantitative estimate of drug-likeness (QED) is 0.118. The van der Waals surface area contributed by atoms with Gasteiger partial charge in [-0.25, -0.2) is 0 Å². The average molecular weight is 1500 g/mol. The molecule has 12 N–H and O–H groups in total. The van der Waals surface area contributed by atoms with Crippen LogP contribution in [-0.4, -0.2) is 45.1 Å². The molecule has 1 aliphatic rings. The minimum absolute atomic E-state index is 2.63. The molecule has 1 rings (SSSR count). The van der Waals surface area contributed by atoms with Crippen LogP contribution in [0.2, 0.25) is 0 Å². The first-order chi connectivity index (χ1) is 11.8. The van der Waals surface area contributed by atoms with Crippen LogP contribution in [0, 0.1) is 0 Å². The van der Waals surface area contributed by atoms with Crippen molar-refractivity contribution >= 4 is 0 Å². The summed E-state index contributed by atoms with van der Waals surface area (Å²) in [5.41, 5.74) is 0. The molecular weight excluding hydrogens is 1490 g/mol. The van der Waals surface area contributed by atoms with E-state index >= 15 is 0 Å². The van der Waals surface area contributed by atoms with Gasteiger partial charge in [0.2, 0.25) is 0 Å². The Morgan fingerprint density at radius 1 is 0.567 bits per heavy atom. The third-order valence-electron chi connectivity index (χ3n) is 1.39. The predicted octanol–water partition coefficient (Wildman–Crippen LogP) is -7.82. The fourth-order valence-electron chi connectivity index (χ4n) is 1.27. The molecule has 1 aliphatic heterocycles. The summed E-state index contributed by atoms with van der Waals surface area (Å²) in [6, 6.07) is 0. The van der Waals surface area contributed by atoms with E-state index in [1.54, 1.807) is 0 Å². The van der Waals surface area contributed by atoms with Gasteiger partial charge < -0.3 is 0 Å². The van der Waals surface area contributed by atoms with Crippen molar-refractivity contribution in [3.8, 4) is 0 Å². The first-order valence-corrected chi connectivity index (χ1v) is 42.5. The van der Waals surface area contributed by atoms with E-state index in [0.29, 0.717) is 0 Å². The van der Waals surface area contributed by atoms with Gasteiger partial charge in [-0.2, -0.15) is 0 Å². The topological polar surface area (TPSA) is 401 Å². The van der Waals surface area contributed by atoms with Crippen LogP contribution in [-0.2, 0) is 130 Å². The van der Waals surface area contributed by atoms with Gasteiger partial charge in [-0.1, -0.05) is 0 Å². The molecule has 0 radical (unpaired) electrons. The molecule has 0 aromatic carbocycles. The van der Waals surface area contributed by atoms with Crippen molar-refractivity contribution in [2.24, 2.45) is 0 Å². The van der Waals surface area contributed by atoms with Gasteiger partial charge in [0, 0.05) is 0 Å². The Bertz CT molecular complexity index is 1150. The summed E-state index contributed by atoms with van der Waals surface area (Å²) in [6.45, 7) is 0. The van der Waals surface area contributed by atoms with Crippen LogP contribution >= 0.6 is 0 Å². The summed E-state index contributed by atoms with van der Waals surface area (Å²) in [5, 5.41) is 0. The number of hydrogen-bond donors (Lipinski definition) is 12. The minimum atomic E-state index is -9.98. The molecule has 30 heavy (non-hydrogen) atoms. The second-order valence-corrected chi connectivity index (χ2v) is 63.4. The molecule has 0 aromatic heterocycles. The monoisotopic (exact) mass is 1500 g/mol. The summed E-state index contributed by atoms with van der Waals surface area (Å²) in [7, 11) is 0. The zero-order chi connectivity index (χ0) is 24.9. The van der Waals surface area contributed by atoms with Crippen molar-refractivity contribution in [2.75, 3.05) is 0 Å². The third kappa shape index (κ3) is 10.2. The van der Waals surface area contributed by atoms with E-state index < -0.39 is 97.8 Å². The van der Waals surface area contributed by atoms with Crippen molar-refractivity contribution in [3.63, 3.8) is 0 Å². The van der Waals surface area contributed by atoms with Crippen molar-refractivity contribution in [3.05, 3.63) is 0 Å². The van der Waals surface area contributed by atoms with E-state index in [4.69, 9.17) is 33.8 Å². The Morgan fingerprint density at radius 2 is 0.900 bits per heavy atom. The van der Waals surface area contributed by atoms with E-state index in [9.17, 15) is 31.7 Å². The molecule has 30 heteroatoms. The van der Waals surface area contributed by atoms with E-state index in [0.717, 1.165) is 0 Å². The summed E-state index contributed by atoms with van der Waals surface area (Å²) in [5.74, 6) is 0. The fraction of sp³-hybridized carbons (Fsp3) is 0. The predicted molar refractivity (Wildman–Crippen MR) is 37.3 cm³/mol. The van der Waals surface area contributed by atoms with Gasteiger partial charge in [0.15, 0.2) is 0 Å². The second-order valence-electron chi connectivity index (χ2n) is 4.81. The number of rotatable bonds is 6. The molecule has 1 saturated heterocycles. The standard InChI is InChI=1S/12H2O.12O.6W/h12*1H2;;;;;;;;;;;;;;;;;;/q;;;;;;;;;;;;;;;;;;;;;;;;+1;4*+2;+3/p-12. The van der Waals surface area contributed by atoms with Crippen LogP contribution in [0.15, 0.2) is 0 Å². The molecule has 0 amide bonds. The Hall–Kier alpha value is 2.21. The molecule has 0 unspecified atom stereocenters. The first-order valence-electron chi connectivity index (χ1n) is 5.19. The zero-order valence-electron chi connectivity index (χ0n) is 12.7. The van der Waals surface area contributed by atoms with E-state index in [1.807, 2.05) is 0 Å². The third-order valence-corrected chi connectivity index (χ3v) is 93.2. The van der Waals surface area contributed by atoms with Crippen LogP contribution in [0.5, 0.6) is 0 Å². The number of hydrogen-bond acceptors (Lipinski definition) is 12. The Balaban J connectivity index is 3.62. The van der Waals surface area contributed by atoms with E-state index in [1.165, 1.54) is 0 Å². The molecule has 192 valence electrons. The normalized spacial score (nSPS) is 35.2. The molecule has 1 heterocycles. The van der Waals surface area contributed by atoms with Gasteiger partial charge in [-0.3, -0.25) is 0 Å². The van der Waals surface area contributed by atoms with Crippen LogP contribution < -0.4 is 0 Å². The molecule has 0 bridgehead atoms. The molecule has 24 nitrogen and oxygen atoms in total. The Labute approximate surface area is 173 Å². The Morgan fingerprint density at radius 3 is 1.20 bits per heavy atom. The van der Waals surface area contributed by atoms with Gasteiger partial charge in [0.1, 0.15) is 0 Å². The fourth-order valence-corrected chi connectivity index (χ4v) is 123. The molecule has 0 spiro atoms. The van der Waals surface area contributed by atoms with Crippen LogP contribution in [0.1, 0.15) is 0 Å². The van der Waals surface area contributed by atoms with Gasteiger partial charge in [0.25, 0.3) is 0 Å². The van der Waals surface area contributed by atoms with Crippen LogP contribution in [0.3, 0.4) is 0 Å². The maximum absolute atomic E-state index is 12.2. The van der Waals surface area contributed by atoms with Crippen molar-refractivity contribution < 1.29 is 176 Å². The maximum atomic E-state index is 12.2. The first kappa shape index (κ1) is 30.2. The molecular formula is H12O24W6. The zero-order valence-corrected chi connectivity index (χ0v) is 30.3. The van der Waals surface area contributed by atoms with Crippen LogP contribution in [0.25, 0.3) is 0 Å². The molecule has 0 aliphatic carbocycles. The molecule has 0 atom stereocenters.